The Balaban J connectivity index is 2.13. The molecule has 0 spiro atoms. The molecule has 0 aliphatic carbocycles. The highest BCUT2D eigenvalue weighted by Crippen LogP contribution is 2.04. The molecule has 0 unspecified atom stereocenters. The van der Waals surface area contributed by atoms with Gasteiger partial charge in [0.2, 0.25) is 0 Å². The van der Waals surface area contributed by atoms with Gasteiger partial charge in [-0.2, -0.15) is 0 Å². The number of aryl methyl sites for hydroxylation is 1. The summed E-state index contributed by atoms with van der Waals surface area (Å²) in [5.74, 6) is -0.462. The maximum atomic E-state index is 12.3. The molecule has 0 bridgehead atoms. The Hall–Kier alpha value is -2.40. The highest BCUT2D eigenvalue weighted by atomic mass is 16.3. The number of nitrogens with zero attached hydrogens (tertiary/aromatic N) is 1. The Bertz CT molecular complexity index is 708. The van der Waals surface area contributed by atoms with Gasteiger partial charge in [0.15, 0.2) is 0 Å². The first-order chi connectivity index (χ1) is 10.5. The molecule has 0 fully saturated rings. The zero-order valence-electron chi connectivity index (χ0n) is 12.7. The third-order valence-corrected chi connectivity index (χ3v) is 3.68. The number of aromatic nitrogens is 1. The molecule has 2 rings (SSSR count). The van der Waals surface area contributed by atoms with Gasteiger partial charge in [0.05, 0.1) is 12.6 Å². The minimum atomic E-state index is -0.462. The highest BCUT2D eigenvalue weighted by Gasteiger charge is 2.17. The van der Waals surface area contributed by atoms with Gasteiger partial charge in [-0.25, -0.2) is 0 Å². The van der Waals surface area contributed by atoms with E-state index in [1.165, 1.54) is 10.6 Å². The van der Waals surface area contributed by atoms with Gasteiger partial charge in [-0.1, -0.05) is 30.3 Å². The summed E-state index contributed by atoms with van der Waals surface area (Å²) in [4.78, 5) is 24.4. The Morgan fingerprint density at radius 2 is 1.91 bits per heavy atom. The van der Waals surface area contributed by atoms with E-state index in [9.17, 15) is 14.7 Å². The van der Waals surface area contributed by atoms with Crippen LogP contribution in [0.1, 0.15) is 21.6 Å². The maximum absolute atomic E-state index is 12.3. The van der Waals surface area contributed by atoms with Gasteiger partial charge in [0.25, 0.3) is 11.5 Å². The molecular formula is C17H20N2O3. The average Bonchev–Trinajstić information content (AvgIpc) is 2.53. The number of aliphatic hydroxyl groups excluding tert-OH is 1. The summed E-state index contributed by atoms with van der Waals surface area (Å²) >= 11 is 0. The normalized spacial score (nSPS) is 12.0. The van der Waals surface area contributed by atoms with Gasteiger partial charge in [0.1, 0.15) is 5.56 Å². The van der Waals surface area contributed by atoms with Gasteiger partial charge in [-0.3, -0.25) is 9.59 Å². The maximum Gasteiger partial charge on any atom is 0.263 e. The molecule has 1 aromatic heterocycles. The molecule has 0 aliphatic heterocycles. The number of carbonyl (C=O) groups is 1. The molecule has 0 aliphatic rings. The lowest BCUT2D eigenvalue weighted by Crippen LogP contribution is -2.42. The molecule has 116 valence electrons. The Labute approximate surface area is 129 Å². The van der Waals surface area contributed by atoms with E-state index in [0.717, 1.165) is 11.3 Å². The van der Waals surface area contributed by atoms with Crippen LogP contribution in [-0.2, 0) is 13.5 Å². The molecule has 0 saturated carbocycles. The lowest BCUT2D eigenvalue weighted by atomic mass is 10.1. The van der Waals surface area contributed by atoms with Gasteiger partial charge in [0, 0.05) is 12.7 Å². The lowest BCUT2D eigenvalue weighted by Gasteiger charge is -2.16. The zero-order valence-corrected chi connectivity index (χ0v) is 12.7. The molecule has 0 radical (unpaired) electrons. The summed E-state index contributed by atoms with van der Waals surface area (Å²) in [5, 5.41) is 12.2. The Kier molecular flexibility index (Phi) is 5.12. The van der Waals surface area contributed by atoms with E-state index < -0.39 is 11.9 Å². The largest absolute Gasteiger partial charge is 0.394 e. The van der Waals surface area contributed by atoms with E-state index in [1.807, 2.05) is 30.3 Å². The van der Waals surface area contributed by atoms with E-state index in [2.05, 4.69) is 5.32 Å². The van der Waals surface area contributed by atoms with E-state index in [4.69, 9.17) is 0 Å². The van der Waals surface area contributed by atoms with Crippen molar-refractivity contribution in [3.05, 3.63) is 69.6 Å². The molecular weight excluding hydrogens is 280 g/mol. The van der Waals surface area contributed by atoms with Crippen LogP contribution < -0.4 is 10.9 Å². The third kappa shape index (κ3) is 3.62. The van der Waals surface area contributed by atoms with Crippen molar-refractivity contribution in [2.75, 3.05) is 6.61 Å². The molecule has 5 nitrogen and oxygen atoms in total. The second kappa shape index (κ2) is 7.04. The summed E-state index contributed by atoms with van der Waals surface area (Å²) in [6, 6.07) is 12.4. The van der Waals surface area contributed by atoms with Crippen molar-refractivity contribution in [2.45, 2.75) is 19.4 Å². The molecule has 22 heavy (non-hydrogen) atoms. The average molecular weight is 300 g/mol. The standard InChI is InChI=1S/C17H20N2O3/c1-12-8-9-15(17(22)19(12)2)16(21)18-14(11-20)10-13-6-4-3-5-7-13/h3-9,14,20H,10-11H2,1-2H3,(H,18,21)/t14-/m0/s1. The van der Waals surface area contributed by atoms with Gasteiger partial charge >= 0.3 is 0 Å². The van der Waals surface area contributed by atoms with Crippen molar-refractivity contribution in [3.63, 3.8) is 0 Å². The van der Waals surface area contributed by atoms with Crippen LogP contribution in [0.4, 0.5) is 0 Å². The van der Waals surface area contributed by atoms with E-state index in [1.54, 1.807) is 20.0 Å². The minimum Gasteiger partial charge on any atom is -0.394 e. The molecule has 1 aromatic carbocycles. The van der Waals surface area contributed by atoms with Crippen LogP contribution in [0.5, 0.6) is 0 Å². The number of nitrogens with one attached hydrogen (secondary N) is 1. The van der Waals surface area contributed by atoms with Crippen molar-refractivity contribution >= 4 is 5.91 Å². The van der Waals surface area contributed by atoms with Crippen LogP contribution in [0.2, 0.25) is 0 Å². The van der Waals surface area contributed by atoms with E-state index >= 15 is 0 Å². The summed E-state index contributed by atoms with van der Waals surface area (Å²) in [6.07, 6.45) is 0.509. The minimum absolute atomic E-state index is 0.0830. The fourth-order valence-electron chi connectivity index (χ4n) is 2.22. The number of rotatable bonds is 5. The van der Waals surface area contributed by atoms with Crippen molar-refractivity contribution in [3.8, 4) is 0 Å². The van der Waals surface area contributed by atoms with Gasteiger partial charge in [-0.15, -0.1) is 0 Å². The van der Waals surface area contributed by atoms with Crippen molar-refractivity contribution < 1.29 is 9.90 Å². The first-order valence-electron chi connectivity index (χ1n) is 7.15. The first-order valence-corrected chi connectivity index (χ1v) is 7.15. The Morgan fingerprint density at radius 3 is 2.55 bits per heavy atom. The predicted molar refractivity (Wildman–Crippen MR) is 84.9 cm³/mol. The predicted octanol–water partition coefficient (Wildman–Crippen LogP) is 1.03. The summed E-state index contributed by atoms with van der Waals surface area (Å²) in [6.45, 7) is 1.61. The summed E-state index contributed by atoms with van der Waals surface area (Å²) in [7, 11) is 1.63. The van der Waals surface area contributed by atoms with E-state index in [0.29, 0.717) is 6.42 Å². The van der Waals surface area contributed by atoms with Gasteiger partial charge in [-0.05, 0) is 31.0 Å². The number of carbonyl (C=O) groups excluding carboxylic acids is 1. The Morgan fingerprint density at radius 1 is 1.23 bits per heavy atom. The van der Waals surface area contributed by atoms with Crippen molar-refractivity contribution in [1.29, 1.82) is 0 Å². The number of benzene rings is 1. The number of amides is 1. The molecule has 2 aromatic rings. The van der Waals surface area contributed by atoms with Crippen LogP contribution in [0, 0.1) is 6.92 Å². The monoisotopic (exact) mass is 300 g/mol. The quantitative estimate of drug-likeness (QED) is 0.866. The van der Waals surface area contributed by atoms with Gasteiger partial charge < -0.3 is 15.0 Å². The van der Waals surface area contributed by atoms with Crippen LogP contribution in [0.25, 0.3) is 0 Å². The zero-order chi connectivity index (χ0) is 16.1. The number of hydrogen-bond acceptors (Lipinski definition) is 3. The van der Waals surface area contributed by atoms with E-state index in [-0.39, 0.29) is 17.7 Å². The molecule has 2 N–H and O–H groups in total. The van der Waals surface area contributed by atoms with Crippen LogP contribution in [0.3, 0.4) is 0 Å². The SMILES string of the molecule is Cc1ccc(C(=O)N[C@H](CO)Cc2ccccc2)c(=O)n1C. The molecule has 5 heteroatoms. The number of aliphatic hydroxyl groups is 1. The molecule has 0 saturated heterocycles. The molecule has 1 heterocycles. The smallest absolute Gasteiger partial charge is 0.263 e. The molecule has 1 amide bonds. The second-order valence-electron chi connectivity index (χ2n) is 5.30. The summed E-state index contributed by atoms with van der Waals surface area (Å²) in [5.41, 5.74) is 1.54. The summed E-state index contributed by atoms with van der Waals surface area (Å²) < 4.78 is 1.43. The lowest BCUT2D eigenvalue weighted by molar-refractivity contribution is 0.0914. The van der Waals surface area contributed by atoms with Crippen molar-refractivity contribution in [2.24, 2.45) is 7.05 Å². The topological polar surface area (TPSA) is 71.3 Å². The molecule has 1 atom stereocenters. The van der Waals surface area contributed by atoms with Crippen LogP contribution in [-0.4, -0.2) is 28.2 Å². The second-order valence-corrected chi connectivity index (χ2v) is 5.30. The number of pyridine rings is 1. The third-order valence-electron chi connectivity index (χ3n) is 3.68. The first kappa shape index (κ1) is 16.0. The fourth-order valence-corrected chi connectivity index (χ4v) is 2.22. The fraction of sp³-hybridized carbons (Fsp3) is 0.294. The van der Waals surface area contributed by atoms with Crippen LogP contribution in [0.15, 0.2) is 47.3 Å². The van der Waals surface area contributed by atoms with Crippen LogP contribution >= 0.6 is 0 Å². The number of hydrogen-bond donors (Lipinski definition) is 2. The van der Waals surface area contributed by atoms with Crippen molar-refractivity contribution in [1.82, 2.24) is 9.88 Å². The highest BCUT2D eigenvalue weighted by molar-refractivity contribution is 5.94.